The molecule has 1 aromatic carbocycles. The molecule has 19 heavy (non-hydrogen) atoms. The van der Waals surface area contributed by atoms with Crippen molar-refractivity contribution in [3.8, 4) is 17.3 Å². The lowest BCUT2D eigenvalue weighted by molar-refractivity contribution is 0.688. The van der Waals surface area contributed by atoms with Gasteiger partial charge in [0.15, 0.2) is 0 Å². The second-order valence-corrected chi connectivity index (χ2v) is 4.48. The summed E-state index contributed by atoms with van der Waals surface area (Å²) in [6.45, 7) is 0. The molecule has 0 N–H and O–H groups in total. The van der Waals surface area contributed by atoms with E-state index < -0.39 is 11.2 Å². The Morgan fingerprint density at radius 2 is 1.68 bits per heavy atom. The monoisotopic (exact) mass is 275 g/mol. The minimum absolute atomic E-state index is 0.0630. The zero-order valence-electron chi connectivity index (χ0n) is 10.3. The van der Waals surface area contributed by atoms with E-state index in [2.05, 4.69) is 0 Å². The SMILES string of the molecule is Cn1c(-c2ccc(Cl)cc2)c(C#N)c(=O)n(C)c1=O. The summed E-state index contributed by atoms with van der Waals surface area (Å²) in [5, 5.41) is 9.69. The van der Waals surface area contributed by atoms with E-state index in [1.807, 2.05) is 6.07 Å². The second-order valence-electron chi connectivity index (χ2n) is 4.05. The average Bonchev–Trinajstić information content (AvgIpc) is 2.41. The van der Waals surface area contributed by atoms with E-state index in [-0.39, 0.29) is 5.56 Å². The topological polar surface area (TPSA) is 67.8 Å². The first-order chi connectivity index (χ1) is 8.97. The number of hydrogen-bond acceptors (Lipinski definition) is 3. The molecule has 6 heteroatoms. The largest absolute Gasteiger partial charge is 0.330 e. The molecule has 0 bridgehead atoms. The van der Waals surface area contributed by atoms with Crippen molar-refractivity contribution in [1.29, 1.82) is 5.26 Å². The molecule has 0 aliphatic heterocycles. The van der Waals surface area contributed by atoms with Crippen LogP contribution in [0, 0.1) is 11.3 Å². The molecule has 1 heterocycles. The van der Waals surface area contributed by atoms with Gasteiger partial charge in [0, 0.05) is 19.1 Å². The van der Waals surface area contributed by atoms with Gasteiger partial charge in [-0.2, -0.15) is 5.26 Å². The van der Waals surface area contributed by atoms with Crippen LogP contribution < -0.4 is 11.2 Å². The van der Waals surface area contributed by atoms with E-state index in [0.717, 1.165) is 4.57 Å². The minimum Gasteiger partial charge on any atom is -0.295 e. The number of halogens is 1. The van der Waals surface area contributed by atoms with Crippen molar-refractivity contribution in [2.75, 3.05) is 0 Å². The number of nitrogens with zero attached hydrogens (tertiary/aromatic N) is 3. The van der Waals surface area contributed by atoms with Crippen molar-refractivity contribution >= 4 is 11.6 Å². The van der Waals surface area contributed by atoms with Crippen molar-refractivity contribution in [2.24, 2.45) is 14.1 Å². The van der Waals surface area contributed by atoms with Crippen molar-refractivity contribution in [2.45, 2.75) is 0 Å². The Labute approximate surface area is 113 Å². The Balaban J connectivity index is 2.92. The third kappa shape index (κ3) is 2.07. The van der Waals surface area contributed by atoms with E-state index in [0.29, 0.717) is 16.3 Å². The van der Waals surface area contributed by atoms with Gasteiger partial charge in [0.1, 0.15) is 11.6 Å². The highest BCUT2D eigenvalue weighted by atomic mass is 35.5. The standard InChI is InChI=1S/C13H10ClN3O2/c1-16-11(8-3-5-9(14)6-4-8)10(7-15)12(18)17(2)13(16)19/h3-6H,1-2H3. The molecule has 0 unspecified atom stereocenters. The normalized spacial score (nSPS) is 10.2. The van der Waals surface area contributed by atoms with E-state index in [1.54, 1.807) is 24.3 Å². The lowest BCUT2D eigenvalue weighted by Gasteiger charge is -2.11. The minimum atomic E-state index is -0.601. The van der Waals surface area contributed by atoms with Crippen LogP contribution >= 0.6 is 11.6 Å². The third-order valence-electron chi connectivity index (χ3n) is 2.89. The molecule has 0 saturated carbocycles. The molecule has 1 aromatic heterocycles. The van der Waals surface area contributed by atoms with E-state index in [4.69, 9.17) is 16.9 Å². The number of rotatable bonds is 1. The van der Waals surface area contributed by atoms with Gasteiger partial charge < -0.3 is 0 Å². The van der Waals surface area contributed by atoms with Crippen molar-refractivity contribution in [3.63, 3.8) is 0 Å². The van der Waals surface area contributed by atoms with Crippen molar-refractivity contribution < 1.29 is 0 Å². The van der Waals surface area contributed by atoms with Crippen molar-refractivity contribution in [1.82, 2.24) is 9.13 Å². The van der Waals surface area contributed by atoms with Crippen LogP contribution in [0.3, 0.4) is 0 Å². The summed E-state index contributed by atoms with van der Waals surface area (Å²) in [7, 11) is 2.86. The lowest BCUT2D eigenvalue weighted by Crippen LogP contribution is -2.39. The van der Waals surface area contributed by atoms with E-state index in [1.165, 1.54) is 18.7 Å². The van der Waals surface area contributed by atoms with Crippen LogP contribution in [-0.2, 0) is 14.1 Å². The highest BCUT2D eigenvalue weighted by Gasteiger charge is 2.16. The first-order valence-corrected chi connectivity index (χ1v) is 5.81. The summed E-state index contributed by atoms with van der Waals surface area (Å²) < 4.78 is 2.20. The maximum absolute atomic E-state index is 11.9. The highest BCUT2D eigenvalue weighted by Crippen LogP contribution is 2.21. The van der Waals surface area contributed by atoms with Crippen LogP contribution in [0.4, 0.5) is 0 Å². The average molecular weight is 276 g/mol. The molecule has 2 aromatic rings. The van der Waals surface area contributed by atoms with Crippen LogP contribution in [0.25, 0.3) is 11.3 Å². The maximum atomic E-state index is 11.9. The Hall–Kier alpha value is -2.32. The second kappa shape index (κ2) is 4.75. The molecule has 0 fully saturated rings. The quantitative estimate of drug-likeness (QED) is 0.787. The molecule has 0 atom stereocenters. The van der Waals surface area contributed by atoms with Gasteiger partial charge in [-0.3, -0.25) is 13.9 Å². The van der Waals surface area contributed by atoms with Gasteiger partial charge in [0.25, 0.3) is 5.56 Å². The summed E-state index contributed by atoms with van der Waals surface area (Å²) in [5.74, 6) is 0. The number of nitriles is 1. The fourth-order valence-electron chi connectivity index (χ4n) is 1.89. The molecular formula is C13H10ClN3O2. The summed E-state index contributed by atoms with van der Waals surface area (Å²) in [6, 6.07) is 8.47. The van der Waals surface area contributed by atoms with Gasteiger partial charge >= 0.3 is 5.69 Å². The summed E-state index contributed by atoms with van der Waals surface area (Å²) in [6.07, 6.45) is 0. The smallest absolute Gasteiger partial charge is 0.295 e. The Morgan fingerprint density at radius 3 is 2.21 bits per heavy atom. The predicted octanol–water partition coefficient (Wildman–Crippen LogP) is 1.28. The molecule has 0 saturated heterocycles. The molecule has 0 radical (unpaired) electrons. The predicted molar refractivity (Wildman–Crippen MR) is 72.1 cm³/mol. The molecule has 0 aliphatic carbocycles. The van der Waals surface area contributed by atoms with Crippen LogP contribution in [0.1, 0.15) is 5.56 Å². The Bertz CT molecular complexity index is 795. The zero-order valence-corrected chi connectivity index (χ0v) is 11.1. The van der Waals surface area contributed by atoms with Gasteiger partial charge in [-0.1, -0.05) is 23.7 Å². The highest BCUT2D eigenvalue weighted by molar-refractivity contribution is 6.30. The Kier molecular flexibility index (Phi) is 3.28. The summed E-state index contributed by atoms with van der Waals surface area (Å²) in [5.41, 5.74) is -0.248. The molecular weight excluding hydrogens is 266 g/mol. The van der Waals surface area contributed by atoms with Crippen LogP contribution in [0.5, 0.6) is 0 Å². The van der Waals surface area contributed by atoms with Gasteiger partial charge in [-0.25, -0.2) is 4.79 Å². The zero-order chi connectivity index (χ0) is 14.2. The first kappa shape index (κ1) is 13.1. The van der Waals surface area contributed by atoms with Crippen molar-refractivity contribution in [3.05, 3.63) is 55.7 Å². The van der Waals surface area contributed by atoms with Gasteiger partial charge in [-0.05, 0) is 17.7 Å². The molecule has 0 spiro atoms. The van der Waals surface area contributed by atoms with E-state index >= 15 is 0 Å². The van der Waals surface area contributed by atoms with Gasteiger partial charge in [0.05, 0.1) is 5.69 Å². The fraction of sp³-hybridized carbons (Fsp3) is 0.154. The van der Waals surface area contributed by atoms with Crippen LogP contribution in [0.15, 0.2) is 33.9 Å². The third-order valence-corrected chi connectivity index (χ3v) is 3.15. The molecule has 2 rings (SSSR count). The fourth-order valence-corrected chi connectivity index (χ4v) is 2.02. The van der Waals surface area contributed by atoms with Gasteiger partial charge in [-0.15, -0.1) is 0 Å². The maximum Gasteiger partial charge on any atom is 0.330 e. The molecule has 5 nitrogen and oxygen atoms in total. The number of benzene rings is 1. The Morgan fingerprint density at radius 1 is 1.11 bits per heavy atom. The number of aromatic nitrogens is 2. The first-order valence-electron chi connectivity index (χ1n) is 5.43. The van der Waals surface area contributed by atoms with Crippen LogP contribution in [-0.4, -0.2) is 9.13 Å². The van der Waals surface area contributed by atoms with Gasteiger partial charge in [0.2, 0.25) is 0 Å². The summed E-state index contributed by atoms with van der Waals surface area (Å²) in [4.78, 5) is 23.8. The number of hydrogen-bond donors (Lipinski definition) is 0. The van der Waals surface area contributed by atoms with Crippen LogP contribution in [0.2, 0.25) is 5.02 Å². The lowest BCUT2D eigenvalue weighted by atomic mass is 10.1. The molecule has 0 amide bonds. The summed E-state index contributed by atoms with van der Waals surface area (Å²) >= 11 is 5.80. The molecule has 0 aliphatic rings. The molecule has 96 valence electrons. The van der Waals surface area contributed by atoms with E-state index in [9.17, 15) is 9.59 Å².